The molecule has 0 saturated carbocycles. The van der Waals surface area contributed by atoms with Crippen molar-refractivity contribution in [3.05, 3.63) is 47.8 Å². The molecule has 0 radical (unpaired) electrons. The Morgan fingerprint density at radius 2 is 2.00 bits per heavy atom. The van der Waals surface area contributed by atoms with Crippen molar-refractivity contribution in [3.8, 4) is 5.75 Å². The first-order valence-corrected chi connectivity index (χ1v) is 7.31. The molecule has 5 heteroatoms. The number of hydrogen-bond acceptors (Lipinski definition) is 4. The Bertz CT molecular complexity index is 559. The number of para-hydroxylation sites is 1. The largest absolute Gasteiger partial charge is 0.491 e. The molecule has 0 bridgehead atoms. The summed E-state index contributed by atoms with van der Waals surface area (Å²) < 4.78 is 5.74. The van der Waals surface area contributed by atoms with Crippen molar-refractivity contribution in [2.75, 3.05) is 18.1 Å². The molecule has 0 unspecified atom stereocenters. The van der Waals surface area contributed by atoms with Gasteiger partial charge >= 0.3 is 0 Å². The van der Waals surface area contributed by atoms with Gasteiger partial charge in [0, 0.05) is 29.8 Å². The van der Waals surface area contributed by atoms with Crippen molar-refractivity contribution < 1.29 is 4.74 Å². The Kier molecular flexibility index (Phi) is 3.64. The highest BCUT2D eigenvalue weighted by atomic mass is 79.9. The number of fused-ring (bicyclic) bond motifs is 1. The van der Waals surface area contributed by atoms with Gasteiger partial charge < -0.3 is 9.64 Å². The van der Waals surface area contributed by atoms with Crippen LogP contribution in [-0.4, -0.2) is 23.1 Å². The number of ether oxygens (including phenoxy) is 1. The molecule has 0 spiro atoms. The number of benzene rings is 1. The SMILES string of the molecule is BrCc1cnc(N2CCOc3ccccc3C2)nc1. The van der Waals surface area contributed by atoms with Gasteiger partial charge in [-0.25, -0.2) is 9.97 Å². The molecule has 0 aliphatic carbocycles. The maximum absolute atomic E-state index is 5.74. The molecule has 19 heavy (non-hydrogen) atoms. The summed E-state index contributed by atoms with van der Waals surface area (Å²) in [4.78, 5) is 11.0. The van der Waals surface area contributed by atoms with Crippen molar-refractivity contribution in [2.24, 2.45) is 0 Å². The second-order valence-corrected chi connectivity index (χ2v) is 4.96. The van der Waals surface area contributed by atoms with Crippen molar-refractivity contribution in [2.45, 2.75) is 11.9 Å². The van der Waals surface area contributed by atoms with Gasteiger partial charge in [0.15, 0.2) is 0 Å². The van der Waals surface area contributed by atoms with Crippen molar-refractivity contribution in [1.82, 2.24) is 9.97 Å². The van der Waals surface area contributed by atoms with Crippen LogP contribution in [0.1, 0.15) is 11.1 Å². The van der Waals surface area contributed by atoms with Gasteiger partial charge in [0.25, 0.3) is 0 Å². The van der Waals surface area contributed by atoms with Crippen LogP contribution in [0.3, 0.4) is 0 Å². The molecule has 2 heterocycles. The highest BCUT2D eigenvalue weighted by Gasteiger charge is 2.16. The van der Waals surface area contributed by atoms with Gasteiger partial charge in [-0.15, -0.1) is 0 Å². The molecule has 0 atom stereocenters. The molecule has 1 aromatic heterocycles. The minimum absolute atomic E-state index is 0.653. The molecule has 1 aliphatic rings. The number of hydrogen-bond donors (Lipinski definition) is 0. The third kappa shape index (κ3) is 2.71. The lowest BCUT2D eigenvalue weighted by Crippen LogP contribution is -2.27. The normalized spacial score (nSPS) is 14.5. The Morgan fingerprint density at radius 3 is 2.79 bits per heavy atom. The van der Waals surface area contributed by atoms with Crippen LogP contribution in [0.5, 0.6) is 5.75 Å². The third-order valence-electron chi connectivity index (χ3n) is 3.08. The average Bonchev–Trinajstić information content (AvgIpc) is 2.69. The highest BCUT2D eigenvalue weighted by Crippen LogP contribution is 2.24. The zero-order valence-corrected chi connectivity index (χ0v) is 12.0. The van der Waals surface area contributed by atoms with Gasteiger partial charge in [-0.1, -0.05) is 34.1 Å². The summed E-state index contributed by atoms with van der Waals surface area (Å²) >= 11 is 3.40. The molecule has 1 aliphatic heterocycles. The summed E-state index contributed by atoms with van der Waals surface area (Å²) in [5.74, 6) is 1.71. The molecular formula is C14H14BrN3O. The van der Waals surface area contributed by atoms with Gasteiger partial charge in [0.2, 0.25) is 5.95 Å². The van der Waals surface area contributed by atoms with E-state index in [1.165, 1.54) is 5.56 Å². The van der Waals surface area contributed by atoms with Gasteiger partial charge in [0.1, 0.15) is 12.4 Å². The molecule has 0 amide bonds. The van der Waals surface area contributed by atoms with Gasteiger partial charge in [-0.2, -0.15) is 0 Å². The highest BCUT2D eigenvalue weighted by molar-refractivity contribution is 9.08. The van der Waals surface area contributed by atoms with Gasteiger partial charge in [0.05, 0.1) is 6.54 Å². The molecule has 0 saturated heterocycles. The number of anilines is 1. The fraction of sp³-hybridized carbons (Fsp3) is 0.286. The maximum atomic E-state index is 5.74. The number of rotatable bonds is 2. The Balaban J connectivity index is 1.85. The second-order valence-electron chi connectivity index (χ2n) is 4.40. The molecule has 1 aromatic carbocycles. The topological polar surface area (TPSA) is 38.2 Å². The Morgan fingerprint density at radius 1 is 1.21 bits per heavy atom. The summed E-state index contributed by atoms with van der Waals surface area (Å²) in [6, 6.07) is 8.12. The number of nitrogens with zero attached hydrogens (tertiary/aromatic N) is 3. The minimum atomic E-state index is 0.653. The molecule has 0 fully saturated rings. The minimum Gasteiger partial charge on any atom is -0.491 e. The first kappa shape index (κ1) is 12.4. The smallest absolute Gasteiger partial charge is 0.225 e. The zero-order chi connectivity index (χ0) is 13.1. The molecule has 98 valence electrons. The van der Waals surface area contributed by atoms with E-state index >= 15 is 0 Å². The predicted octanol–water partition coefficient (Wildman–Crippen LogP) is 2.77. The molecule has 2 aromatic rings. The van der Waals surface area contributed by atoms with E-state index in [1.54, 1.807) is 0 Å². The van der Waals surface area contributed by atoms with E-state index in [9.17, 15) is 0 Å². The number of alkyl halides is 1. The van der Waals surface area contributed by atoms with Crippen LogP contribution in [0.25, 0.3) is 0 Å². The summed E-state index contributed by atoms with van der Waals surface area (Å²) in [6.07, 6.45) is 3.71. The average molecular weight is 320 g/mol. The van der Waals surface area contributed by atoms with E-state index in [-0.39, 0.29) is 0 Å². The maximum Gasteiger partial charge on any atom is 0.225 e. The van der Waals surface area contributed by atoms with E-state index in [1.807, 2.05) is 30.6 Å². The van der Waals surface area contributed by atoms with Crippen molar-refractivity contribution in [3.63, 3.8) is 0 Å². The summed E-state index contributed by atoms with van der Waals surface area (Å²) in [5, 5.41) is 0.777. The quantitative estimate of drug-likeness (QED) is 0.798. The lowest BCUT2D eigenvalue weighted by atomic mass is 10.2. The van der Waals surface area contributed by atoms with Crippen LogP contribution in [-0.2, 0) is 11.9 Å². The van der Waals surface area contributed by atoms with Crippen LogP contribution in [0, 0.1) is 0 Å². The van der Waals surface area contributed by atoms with E-state index in [2.05, 4.69) is 36.9 Å². The number of halogens is 1. The van der Waals surface area contributed by atoms with Crippen LogP contribution in [0.4, 0.5) is 5.95 Å². The molecule has 3 rings (SSSR count). The monoisotopic (exact) mass is 319 g/mol. The first-order valence-electron chi connectivity index (χ1n) is 6.19. The van der Waals surface area contributed by atoms with Gasteiger partial charge in [-0.05, 0) is 11.6 Å². The number of aromatic nitrogens is 2. The fourth-order valence-electron chi connectivity index (χ4n) is 2.08. The summed E-state index contributed by atoms with van der Waals surface area (Å²) in [5.41, 5.74) is 2.25. The molecular weight excluding hydrogens is 306 g/mol. The molecule has 0 N–H and O–H groups in total. The van der Waals surface area contributed by atoms with E-state index in [4.69, 9.17) is 4.74 Å². The standard InChI is InChI=1S/C14H14BrN3O/c15-7-11-8-16-14(17-9-11)18-5-6-19-13-4-2-1-3-12(13)10-18/h1-4,8-9H,5-7,10H2. The van der Waals surface area contributed by atoms with Gasteiger partial charge in [-0.3, -0.25) is 0 Å². The second kappa shape index (κ2) is 5.57. The third-order valence-corrected chi connectivity index (χ3v) is 3.73. The predicted molar refractivity (Wildman–Crippen MR) is 77.7 cm³/mol. The van der Waals surface area contributed by atoms with Crippen molar-refractivity contribution >= 4 is 21.9 Å². The fourth-order valence-corrected chi connectivity index (χ4v) is 2.37. The van der Waals surface area contributed by atoms with Crippen LogP contribution in [0.2, 0.25) is 0 Å². The van der Waals surface area contributed by atoms with Crippen LogP contribution >= 0.6 is 15.9 Å². The Hall–Kier alpha value is -1.62. The van der Waals surface area contributed by atoms with Crippen molar-refractivity contribution in [1.29, 1.82) is 0 Å². The first-order chi connectivity index (χ1) is 9.36. The Labute approximate surface area is 120 Å². The molecule has 4 nitrogen and oxygen atoms in total. The van der Waals surface area contributed by atoms with Crippen LogP contribution < -0.4 is 9.64 Å². The van der Waals surface area contributed by atoms with E-state index < -0.39 is 0 Å². The van der Waals surface area contributed by atoms with Crippen LogP contribution in [0.15, 0.2) is 36.7 Å². The lowest BCUT2D eigenvalue weighted by molar-refractivity contribution is 0.331. The van der Waals surface area contributed by atoms with E-state index in [0.29, 0.717) is 6.61 Å². The zero-order valence-electron chi connectivity index (χ0n) is 10.4. The summed E-state index contributed by atoms with van der Waals surface area (Å²) in [7, 11) is 0. The summed E-state index contributed by atoms with van der Waals surface area (Å²) in [6.45, 7) is 2.23. The lowest BCUT2D eigenvalue weighted by Gasteiger charge is -2.19. The van der Waals surface area contributed by atoms with E-state index in [0.717, 1.165) is 35.7 Å².